The summed E-state index contributed by atoms with van der Waals surface area (Å²) in [6, 6.07) is 0. The average Bonchev–Trinajstić information content (AvgIpc) is 2.46. The number of hydrogen-bond donors (Lipinski definition) is 2. The molecule has 2 aromatic rings. The van der Waals surface area contributed by atoms with Crippen LogP contribution in [0.25, 0.3) is 11.0 Å². The second kappa shape index (κ2) is 3.14. The van der Waals surface area contributed by atoms with Crippen molar-refractivity contribution in [2.24, 2.45) is 5.73 Å². The minimum atomic E-state index is 0.654. The molecular formula is C9H12N4. The van der Waals surface area contributed by atoms with Gasteiger partial charge in [-0.3, -0.25) is 0 Å². The molecule has 2 heterocycles. The minimum absolute atomic E-state index is 0.654. The van der Waals surface area contributed by atoms with Crippen LogP contribution in [0.4, 0.5) is 0 Å². The first-order chi connectivity index (χ1) is 6.33. The molecule has 0 saturated carbocycles. The molecule has 0 unspecified atom stereocenters. The molecule has 3 N–H and O–H groups in total. The Kier molecular flexibility index (Phi) is 1.98. The van der Waals surface area contributed by atoms with E-state index in [0.29, 0.717) is 6.54 Å². The van der Waals surface area contributed by atoms with Gasteiger partial charge in [0, 0.05) is 23.7 Å². The number of fused-ring (bicyclic) bond motifs is 1. The molecule has 0 amide bonds. The molecule has 0 atom stereocenters. The van der Waals surface area contributed by atoms with Crippen molar-refractivity contribution in [2.75, 3.05) is 6.54 Å². The number of aromatic nitrogens is 3. The summed E-state index contributed by atoms with van der Waals surface area (Å²) in [6.07, 6.45) is 4.24. The quantitative estimate of drug-likeness (QED) is 0.710. The van der Waals surface area contributed by atoms with Crippen molar-refractivity contribution in [3.63, 3.8) is 0 Å². The molecule has 4 heteroatoms. The molecule has 13 heavy (non-hydrogen) atoms. The fourth-order valence-electron chi connectivity index (χ4n) is 1.50. The molecule has 4 nitrogen and oxygen atoms in total. The summed E-state index contributed by atoms with van der Waals surface area (Å²) in [5, 5.41) is 1.09. The maximum atomic E-state index is 5.50. The van der Waals surface area contributed by atoms with E-state index in [1.165, 1.54) is 5.56 Å². The van der Waals surface area contributed by atoms with Crippen LogP contribution in [0.3, 0.4) is 0 Å². The largest absolute Gasteiger partial charge is 0.343 e. The smallest absolute Gasteiger partial charge is 0.141 e. The summed E-state index contributed by atoms with van der Waals surface area (Å²) in [5.74, 6) is 0. The van der Waals surface area contributed by atoms with E-state index >= 15 is 0 Å². The molecule has 0 aliphatic carbocycles. The summed E-state index contributed by atoms with van der Waals surface area (Å²) in [5.41, 5.74) is 8.77. The van der Waals surface area contributed by atoms with Gasteiger partial charge in [-0.05, 0) is 19.0 Å². The molecule has 2 rings (SSSR count). The standard InChI is InChI=1S/C9H12N4/c1-6-7-4-11-5-12-9(7)13-8(6)2-3-10/h4-5H,2-3,10H2,1H3,(H,11,12,13). The van der Waals surface area contributed by atoms with Gasteiger partial charge in [0.1, 0.15) is 12.0 Å². The Morgan fingerprint density at radius 3 is 3.08 bits per heavy atom. The summed E-state index contributed by atoms with van der Waals surface area (Å²) in [6.45, 7) is 2.72. The summed E-state index contributed by atoms with van der Waals surface area (Å²) in [7, 11) is 0. The third-order valence-corrected chi connectivity index (χ3v) is 2.23. The van der Waals surface area contributed by atoms with Crippen LogP contribution < -0.4 is 5.73 Å². The maximum Gasteiger partial charge on any atom is 0.141 e. The van der Waals surface area contributed by atoms with Crippen LogP contribution in [-0.4, -0.2) is 21.5 Å². The lowest BCUT2D eigenvalue weighted by molar-refractivity contribution is 0.928. The van der Waals surface area contributed by atoms with Gasteiger partial charge in [-0.15, -0.1) is 0 Å². The van der Waals surface area contributed by atoms with E-state index < -0.39 is 0 Å². The summed E-state index contributed by atoms with van der Waals surface area (Å²) >= 11 is 0. The highest BCUT2D eigenvalue weighted by atomic mass is 14.9. The van der Waals surface area contributed by atoms with Crippen molar-refractivity contribution >= 4 is 11.0 Å². The molecular weight excluding hydrogens is 164 g/mol. The van der Waals surface area contributed by atoms with Gasteiger partial charge >= 0.3 is 0 Å². The summed E-state index contributed by atoms with van der Waals surface area (Å²) < 4.78 is 0. The second-order valence-electron chi connectivity index (χ2n) is 3.05. The predicted molar refractivity (Wildman–Crippen MR) is 51.4 cm³/mol. The topological polar surface area (TPSA) is 67.6 Å². The van der Waals surface area contributed by atoms with Gasteiger partial charge in [-0.1, -0.05) is 0 Å². The fraction of sp³-hybridized carbons (Fsp3) is 0.333. The Bertz CT molecular complexity index is 418. The third kappa shape index (κ3) is 1.29. The molecule has 0 bridgehead atoms. The molecule has 0 radical (unpaired) electrons. The van der Waals surface area contributed by atoms with E-state index in [2.05, 4.69) is 21.9 Å². The van der Waals surface area contributed by atoms with E-state index in [1.54, 1.807) is 6.33 Å². The van der Waals surface area contributed by atoms with E-state index in [0.717, 1.165) is 23.1 Å². The van der Waals surface area contributed by atoms with Crippen molar-refractivity contribution in [1.29, 1.82) is 0 Å². The lowest BCUT2D eigenvalue weighted by atomic mass is 10.2. The van der Waals surface area contributed by atoms with E-state index in [-0.39, 0.29) is 0 Å². The highest BCUT2D eigenvalue weighted by molar-refractivity contribution is 5.79. The van der Waals surface area contributed by atoms with Gasteiger partial charge in [0.15, 0.2) is 0 Å². The lowest BCUT2D eigenvalue weighted by Gasteiger charge is -1.94. The minimum Gasteiger partial charge on any atom is -0.343 e. The molecule has 2 aromatic heterocycles. The highest BCUT2D eigenvalue weighted by Gasteiger charge is 2.06. The predicted octanol–water partition coefficient (Wildman–Crippen LogP) is 0.768. The molecule has 0 saturated heterocycles. The third-order valence-electron chi connectivity index (χ3n) is 2.23. The van der Waals surface area contributed by atoms with Crippen LogP contribution in [-0.2, 0) is 6.42 Å². The van der Waals surface area contributed by atoms with Crippen molar-refractivity contribution in [2.45, 2.75) is 13.3 Å². The van der Waals surface area contributed by atoms with Gasteiger partial charge in [-0.2, -0.15) is 0 Å². The zero-order valence-electron chi connectivity index (χ0n) is 7.54. The second-order valence-corrected chi connectivity index (χ2v) is 3.05. The fourth-order valence-corrected chi connectivity index (χ4v) is 1.50. The van der Waals surface area contributed by atoms with Gasteiger partial charge in [0.05, 0.1) is 0 Å². The molecule has 0 aliphatic rings. The number of rotatable bonds is 2. The number of aromatic amines is 1. The number of nitrogens with two attached hydrogens (primary N) is 1. The van der Waals surface area contributed by atoms with Crippen LogP contribution in [0.15, 0.2) is 12.5 Å². The monoisotopic (exact) mass is 176 g/mol. The first-order valence-electron chi connectivity index (χ1n) is 4.30. The Morgan fingerprint density at radius 2 is 2.38 bits per heavy atom. The Labute approximate surface area is 76.2 Å². The summed E-state index contributed by atoms with van der Waals surface area (Å²) in [4.78, 5) is 11.4. The number of nitrogens with one attached hydrogen (secondary N) is 1. The lowest BCUT2D eigenvalue weighted by Crippen LogP contribution is -2.03. The average molecular weight is 176 g/mol. The van der Waals surface area contributed by atoms with Crippen molar-refractivity contribution < 1.29 is 0 Å². The van der Waals surface area contributed by atoms with Crippen LogP contribution in [0.1, 0.15) is 11.3 Å². The number of hydrogen-bond acceptors (Lipinski definition) is 3. The Morgan fingerprint density at radius 1 is 1.54 bits per heavy atom. The molecule has 0 aliphatic heterocycles. The number of nitrogens with zero attached hydrogens (tertiary/aromatic N) is 2. The van der Waals surface area contributed by atoms with Gasteiger partial charge in [0.25, 0.3) is 0 Å². The van der Waals surface area contributed by atoms with Crippen LogP contribution in [0, 0.1) is 6.92 Å². The first-order valence-corrected chi connectivity index (χ1v) is 4.30. The Hall–Kier alpha value is -1.42. The first kappa shape index (κ1) is 8.19. The Balaban J connectivity index is 2.60. The van der Waals surface area contributed by atoms with Crippen molar-refractivity contribution in [3.8, 4) is 0 Å². The molecule has 0 spiro atoms. The SMILES string of the molecule is Cc1c(CCN)[nH]c2ncncc12. The van der Waals surface area contributed by atoms with Gasteiger partial charge in [0.2, 0.25) is 0 Å². The van der Waals surface area contributed by atoms with Crippen molar-refractivity contribution in [1.82, 2.24) is 15.0 Å². The molecule has 68 valence electrons. The van der Waals surface area contributed by atoms with E-state index in [4.69, 9.17) is 5.73 Å². The normalized spacial score (nSPS) is 10.9. The van der Waals surface area contributed by atoms with Crippen LogP contribution in [0.2, 0.25) is 0 Å². The van der Waals surface area contributed by atoms with E-state index in [9.17, 15) is 0 Å². The van der Waals surface area contributed by atoms with E-state index in [1.807, 2.05) is 6.20 Å². The van der Waals surface area contributed by atoms with Gasteiger partial charge < -0.3 is 10.7 Å². The zero-order chi connectivity index (χ0) is 9.26. The molecule has 0 aromatic carbocycles. The van der Waals surface area contributed by atoms with Crippen molar-refractivity contribution in [3.05, 3.63) is 23.8 Å². The van der Waals surface area contributed by atoms with Crippen LogP contribution >= 0.6 is 0 Å². The highest BCUT2D eigenvalue weighted by Crippen LogP contribution is 2.18. The molecule has 0 fully saturated rings. The van der Waals surface area contributed by atoms with Crippen LogP contribution in [0.5, 0.6) is 0 Å². The maximum absolute atomic E-state index is 5.50. The number of aryl methyl sites for hydroxylation is 1. The number of H-pyrrole nitrogens is 1. The zero-order valence-corrected chi connectivity index (χ0v) is 7.54. The van der Waals surface area contributed by atoms with Gasteiger partial charge in [-0.25, -0.2) is 9.97 Å².